The van der Waals surface area contributed by atoms with Gasteiger partial charge in [-0.05, 0) is 6.08 Å². The number of nitrogens with zero attached hydrogens (tertiary/aromatic N) is 2. The zero-order valence-electron chi connectivity index (χ0n) is 8.84. The molecule has 1 unspecified atom stereocenters. The quantitative estimate of drug-likeness (QED) is 0.813. The van der Waals surface area contributed by atoms with E-state index in [0.717, 1.165) is 0 Å². The number of alkyl halides is 1. The predicted octanol–water partition coefficient (Wildman–Crippen LogP) is 1.63. The summed E-state index contributed by atoms with van der Waals surface area (Å²) in [6.45, 7) is 0.934. The second-order valence-electron chi connectivity index (χ2n) is 3.55. The first-order chi connectivity index (χ1) is 7.74. The van der Waals surface area contributed by atoms with Crippen molar-refractivity contribution in [1.29, 1.82) is 0 Å². The van der Waals surface area contributed by atoms with E-state index in [9.17, 15) is 0 Å². The smallest absolute Gasteiger partial charge is 0.232 e. The highest BCUT2D eigenvalue weighted by Crippen LogP contribution is 2.31. The van der Waals surface area contributed by atoms with Crippen molar-refractivity contribution in [3.63, 3.8) is 0 Å². The third kappa shape index (κ3) is 2.28. The lowest BCUT2D eigenvalue weighted by Gasteiger charge is -2.24. The number of rotatable bonds is 4. The van der Waals surface area contributed by atoms with Gasteiger partial charge in [0.25, 0.3) is 0 Å². The van der Waals surface area contributed by atoms with Gasteiger partial charge in [-0.2, -0.15) is 0 Å². The molecule has 0 radical (unpaired) electrons. The molecule has 1 atom stereocenters. The molecule has 86 valence electrons. The van der Waals surface area contributed by atoms with E-state index in [4.69, 9.17) is 22.1 Å². The van der Waals surface area contributed by atoms with Gasteiger partial charge < -0.3 is 10.5 Å². The van der Waals surface area contributed by atoms with Gasteiger partial charge in [-0.1, -0.05) is 29.8 Å². The first-order valence-electron chi connectivity index (χ1n) is 5.17. The molecule has 5 heteroatoms. The maximum atomic E-state index is 6.43. The zero-order chi connectivity index (χ0) is 11.4. The SMILES string of the molecule is NCCOc1ccn(C2(Cl)C=CC=CC2)n1. The molecule has 0 saturated heterocycles. The number of ether oxygens (including phenoxy) is 1. The second-order valence-corrected chi connectivity index (χ2v) is 4.20. The average molecular weight is 240 g/mol. The van der Waals surface area contributed by atoms with E-state index >= 15 is 0 Å². The first-order valence-corrected chi connectivity index (χ1v) is 5.55. The van der Waals surface area contributed by atoms with Gasteiger partial charge in [0.1, 0.15) is 6.61 Å². The van der Waals surface area contributed by atoms with Crippen LogP contribution in [0.5, 0.6) is 5.88 Å². The van der Waals surface area contributed by atoms with Crippen molar-refractivity contribution in [2.24, 2.45) is 5.73 Å². The topological polar surface area (TPSA) is 53.1 Å². The molecule has 1 aromatic rings. The van der Waals surface area contributed by atoms with Crippen LogP contribution in [0.2, 0.25) is 0 Å². The number of allylic oxidation sites excluding steroid dienone is 4. The summed E-state index contributed by atoms with van der Waals surface area (Å²) in [6.07, 6.45) is 10.3. The van der Waals surface area contributed by atoms with Crippen LogP contribution < -0.4 is 10.5 Å². The van der Waals surface area contributed by atoms with Crippen molar-refractivity contribution in [2.75, 3.05) is 13.2 Å². The minimum atomic E-state index is -0.612. The van der Waals surface area contributed by atoms with Crippen LogP contribution in [-0.2, 0) is 5.00 Å². The summed E-state index contributed by atoms with van der Waals surface area (Å²) in [4.78, 5) is -0.612. The first kappa shape index (κ1) is 11.2. The minimum Gasteiger partial charge on any atom is -0.475 e. The largest absolute Gasteiger partial charge is 0.475 e. The van der Waals surface area contributed by atoms with Crippen LogP contribution in [0.1, 0.15) is 6.42 Å². The van der Waals surface area contributed by atoms with Crippen LogP contribution in [0.15, 0.2) is 36.6 Å². The van der Waals surface area contributed by atoms with Crippen LogP contribution in [0, 0.1) is 0 Å². The maximum absolute atomic E-state index is 6.43. The summed E-state index contributed by atoms with van der Waals surface area (Å²) in [7, 11) is 0. The normalized spacial score (nSPS) is 23.6. The van der Waals surface area contributed by atoms with Crippen LogP contribution in [0.25, 0.3) is 0 Å². The lowest BCUT2D eigenvalue weighted by atomic mass is 10.1. The van der Waals surface area contributed by atoms with E-state index in [-0.39, 0.29) is 0 Å². The summed E-state index contributed by atoms with van der Waals surface area (Å²) in [5, 5.41) is 4.26. The Morgan fingerprint density at radius 2 is 2.44 bits per heavy atom. The molecule has 1 heterocycles. The number of aromatic nitrogens is 2. The van der Waals surface area contributed by atoms with Gasteiger partial charge in [-0.15, -0.1) is 5.10 Å². The van der Waals surface area contributed by atoms with E-state index in [1.54, 1.807) is 10.7 Å². The average Bonchev–Trinajstić information content (AvgIpc) is 2.77. The molecule has 0 aromatic carbocycles. The molecular weight excluding hydrogens is 226 g/mol. The summed E-state index contributed by atoms with van der Waals surface area (Å²) in [5.74, 6) is 0.549. The van der Waals surface area contributed by atoms with Crippen LogP contribution in [-0.4, -0.2) is 22.9 Å². The van der Waals surface area contributed by atoms with Gasteiger partial charge >= 0.3 is 0 Å². The molecule has 16 heavy (non-hydrogen) atoms. The molecule has 2 rings (SSSR count). The van der Waals surface area contributed by atoms with Crippen LogP contribution in [0.4, 0.5) is 0 Å². The lowest BCUT2D eigenvalue weighted by Crippen LogP contribution is -2.25. The number of nitrogens with two attached hydrogens (primary N) is 1. The Balaban J connectivity index is 2.12. The van der Waals surface area contributed by atoms with Crippen LogP contribution >= 0.6 is 11.6 Å². The van der Waals surface area contributed by atoms with E-state index < -0.39 is 5.00 Å². The molecule has 4 nitrogen and oxygen atoms in total. The summed E-state index contributed by atoms with van der Waals surface area (Å²) in [6, 6.07) is 1.78. The Kier molecular flexibility index (Phi) is 3.31. The van der Waals surface area contributed by atoms with Crippen LogP contribution in [0.3, 0.4) is 0 Å². The summed E-state index contributed by atoms with van der Waals surface area (Å²) < 4.78 is 7.01. The number of hydrogen-bond acceptors (Lipinski definition) is 3. The number of hydrogen-bond donors (Lipinski definition) is 1. The monoisotopic (exact) mass is 239 g/mol. The second kappa shape index (κ2) is 4.72. The molecule has 2 N–H and O–H groups in total. The Morgan fingerprint density at radius 3 is 3.12 bits per heavy atom. The fourth-order valence-corrected chi connectivity index (χ4v) is 1.76. The Labute approximate surface area is 99.3 Å². The van der Waals surface area contributed by atoms with E-state index in [1.807, 2.05) is 30.5 Å². The summed E-state index contributed by atoms with van der Waals surface area (Å²) in [5.41, 5.74) is 5.35. The Morgan fingerprint density at radius 1 is 1.56 bits per heavy atom. The van der Waals surface area contributed by atoms with Gasteiger partial charge in [0.05, 0.1) is 0 Å². The van der Waals surface area contributed by atoms with E-state index in [0.29, 0.717) is 25.5 Å². The molecule has 0 amide bonds. The van der Waals surface area contributed by atoms with Gasteiger partial charge in [0.15, 0.2) is 5.00 Å². The van der Waals surface area contributed by atoms with Gasteiger partial charge in [0, 0.05) is 25.2 Å². The van der Waals surface area contributed by atoms with Crippen molar-refractivity contribution in [3.05, 3.63) is 36.6 Å². The molecule has 0 fully saturated rings. The third-order valence-corrected chi connectivity index (χ3v) is 2.77. The fourth-order valence-electron chi connectivity index (χ4n) is 1.51. The van der Waals surface area contributed by atoms with E-state index in [1.165, 1.54) is 0 Å². The molecule has 0 bridgehead atoms. The molecule has 0 spiro atoms. The highest BCUT2D eigenvalue weighted by Gasteiger charge is 2.27. The fraction of sp³-hybridized carbons (Fsp3) is 0.364. The highest BCUT2D eigenvalue weighted by molar-refractivity contribution is 6.23. The molecular formula is C11H14ClN3O. The van der Waals surface area contributed by atoms with Crippen molar-refractivity contribution in [1.82, 2.24) is 9.78 Å². The van der Waals surface area contributed by atoms with Gasteiger partial charge in [0.2, 0.25) is 5.88 Å². The highest BCUT2D eigenvalue weighted by atomic mass is 35.5. The molecule has 1 aliphatic carbocycles. The lowest BCUT2D eigenvalue weighted by molar-refractivity contribution is 0.306. The molecule has 0 aliphatic heterocycles. The number of halogens is 1. The standard InChI is InChI=1S/C11H14ClN3O/c12-11(5-2-1-3-6-11)15-8-4-10(14-15)16-9-7-13/h1-5,8H,6-7,9,13H2. The van der Waals surface area contributed by atoms with Crippen molar-refractivity contribution < 1.29 is 4.74 Å². The van der Waals surface area contributed by atoms with Crippen molar-refractivity contribution in [2.45, 2.75) is 11.4 Å². The Bertz CT molecular complexity index is 413. The molecule has 1 aliphatic rings. The third-order valence-electron chi connectivity index (χ3n) is 2.32. The summed E-state index contributed by atoms with van der Waals surface area (Å²) >= 11 is 6.43. The van der Waals surface area contributed by atoms with Crippen molar-refractivity contribution >= 4 is 11.6 Å². The molecule has 1 aromatic heterocycles. The Hall–Kier alpha value is -1.26. The minimum absolute atomic E-state index is 0.460. The molecule has 0 saturated carbocycles. The van der Waals surface area contributed by atoms with Crippen molar-refractivity contribution in [3.8, 4) is 5.88 Å². The van der Waals surface area contributed by atoms with Gasteiger partial charge in [-0.25, -0.2) is 4.68 Å². The zero-order valence-corrected chi connectivity index (χ0v) is 9.60. The maximum Gasteiger partial charge on any atom is 0.232 e. The van der Waals surface area contributed by atoms with Gasteiger partial charge in [-0.3, -0.25) is 0 Å². The predicted molar refractivity (Wildman–Crippen MR) is 63.5 cm³/mol. The van der Waals surface area contributed by atoms with E-state index in [2.05, 4.69) is 5.10 Å².